The smallest absolute Gasteiger partial charge is 0.156 e. The maximum Gasteiger partial charge on any atom is 0.156 e. The summed E-state index contributed by atoms with van der Waals surface area (Å²) in [4.78, 5) is 6.79. The van der Waals surface area contributed by atoms with Crippen molar-refractivity contribution in [1.82, 2.24) is 10.2 Å². The highest BCUT2D eigenvalue weighted by Gasteiger charge is 2.13. The summed E-state index contributed by atoms with van der Waals surface area (Å²) in [7, 11) is 0. The van der Waals surface area contributed by atoms with Gasteiger partial charge in [-0.2, -0.15) is 0 Å². The molecule has 0 spiro atoms. The molecule has 68 valence electrons. The van der Waals surface area contributed by atoms with E-state index in [2.05, 4.69) is 15.2 Å². The summed E-state index contributed by atoms with van der Waals surface area (Å²) in [5.74, 6) is 1.16. The first-order valence-corrected chi connectivity index (χ1v) is 5.57. The van der Waals surface area contributed by atoms with Gasteiger partial charge in [-0.25, -0.2) is 0 Å². The van der Waals surface area contributed by atoms with Crippen LogP contribution in [0.2, 0.25) is 0 Å². The second-order valence-corrected chi connectivity index (χ2v) is 4.24. The van der Waals surface area contributed by atoms with Crippen LogP contribution in [-0.2, 0) is 0 Å². The minimum Gasteiger partial charge on any atom is -0.364 e. The molecule has 2 aliphatic heterocycles. The van der Waals surface area contributed by atoms with Gasteiger partial charge in [-0.3, -0.25) is 4.99 Å². The highest BCUT2D eigenvalue weighted by Crippen LogP contribution is 2.09. The van der Waals surface area contributed by atoms with Gasteiger partial charge < -0.3 is 10.2 Å². The standard InChI is InChI=1S/C8H15N3S/c1-4-11(5-1)6-2-9-8-10-3-7-12-8/h1-7H2,(H,9,10). The number of amidine groups is 1. The maximum atomic E-state index is 4.33. The SMILES string of the molecule is C1CN(CCNC2=NCCS2)C1. The van der Waals surface area contributed by atoms with E-state index in [1.54, 1.807) is 0 Å². The third kappa shape index (κ3) is 2.14. The molecule has 0 unspecified atom stereocenters. The van der Waals surface area contributed by atoms with E-state index in [4.69, 9.17) is 0 Å². The Labute approximate surface area is 77.6 Å². The van der Waals surface area contributed by atoms with Crippen LogP contribution >= 0.6 is 11.8 Å². The first-order chi connectivity index (χ1) is 5.95. The number of hydrogen-bond donors (Lipinski definition) is 1. The summed E-state index contributed by atoms with van der Waals surface area (Å²) in [5, 5.41) is 4.50. The maximum absolute atomic E-state index is 4.33. The lowest BCUT2D eigenvalue weighted by Crippen LogP contribution is -2.42. The number of likely N-dealkylation sites (tertiary alicyclic amines) is 1. The van der Waals surface area contributed by atoms with Crippen molar-refractivity contribution in [2.45, 2.75) is 6.42 Å². The molecule has 2 rings (SSSR count). The topological polar surface area (TPSA) is 27.6 Å². The van der Waals surface area contributed by atoms with Crippen molar-refractivity contribution >= 4 is 16.9 Å². The Morgan fingerprint density at radius 3 is 3.00 bits per heavy atom. The minimum absolute atomic E-state index is 0.997. The van der Waals surface area contributed by atoms with E-state index in [0.717, 1.165) is 24.0 Å². The van der Waals surface area contributed by atoms with Gasteiger partial charge in [-0.1, -0.05) is 11.8 Å². The summed E-state index contributed by atoms with van der Waals surface area (Å²) in [6, 6.07) is 0. The van der Waals surface area contributed by atoms with Gasteiger partial charge in [-0.15, -0.1) is 0 Å². The molecule has 0 aromatic carbocycles. The predicted molar refractivity (Wildman–Crippen MR) is 53.8 cm³/mol. The van der Waals surface area contributed by atoms with Crippen LogP contribution in [0.5, 0.6) is 0 Å². The van der Waals surface area contributed by atoms with Gasteiger partial charge in [0.2, 0.25) is 0 Å². The number of nitrogens with zero attached hydrogens (tertiary/aromatic N) is 2. The molecule has 0 atom stereocenters. The van der Waals surface area contributed by atoms with E-state index < -0.39 is 0 Å². The molecular weight excluding hydrogens is 170 g/mol. The van der Waals surface area contributed by atoms with Crippen LogP contribution in [-0.4, -0.2) is 48.5 Å². The molecule has 2 aliphatic rings. The third-order valence-electron chi connectivity index (χ3n) is 2.24. The fourth-order valence-electron chi connectivity index (χ4n) is 1.37. The van der Waals surface area contributed by atoms with Crippen LogP contribution in [0.1, 0.15) is 6.42 Å². The Morgan fingerprint density at radius 2 is 2.42 bits per heavy atom. The Balaban J connectivity index is 1.55. The van der Waals surface area contributed by atoms with Gasteiger partial charge in [-0.05, 0) is 19.5 Å². The molecule has 2 heterocycles. The van der Waals surface area contributed by atoms with Crippen molar-refractivity contribution in [2.24, 2.45) is 4.99 Å². The van der Waals surface area contributed by atoms with Gasteiger partial charge in [0, 0.05) is 18.8 Å². The van der Waals surface area contributed by atoms with E-state index in [0.29, 0.717) is 0 Å². The van der Waals surface area contributed by atoms with Crippen LogP contribution in [0.15, 0.2) is 4.99 Å². The van der Waals surface area contributed by atoms with Gasteiger partial charge in [0.05, 0.1) is 6.54 Å². The molecule has 1 fully saturated rings. The Kier molecular flexibility index (Phi) is 2.89. The van der Waals surface area contributed by atoms with Crippen LogP contribution in [0.25, 0.3) is 0 Å². The summed E-state index contributed by atoms with van der Waals surface area (Å²) in [5.41, 5.74) is 0. The first-order valence-electron chi connectivity index (χ1n) is 4.58. The predicted octanol–water partition coefficient (Wildman–Crippen LogP) is 0.385. The molecule has 0 bridgehead atoms. The van der Waals surface area contributed by atoms with Gasteiger partial charge in [0.25, 0.3) is 0 Å². The number of aliphatic imine (C=N–C) groups is 1. The monoisotopic (exact) mass is 185 g/mol. The summed E-state index contributed by atoms with van der Waals surface area (Å²) < 4.78 is 0. The highest BCUT2D eigenvalue weighted by atomic mass is 32.2. The van der Waals surface area contributed by atoms with E-state index in [-0.39, 0.29) is 0 Å². The molecule has 4 heteroatoms. The van der Waals surface area contributed by atoms with Crippen molar-refractivity contribution < 1.29 is 0 Å². The van der Waals surface area contributed by atoms with Crippen LogP contribution < -0.4 is 5.32 Å². The van der Waals surface area contributed by atoms with Crippen molar-refractivity contribution in [3.63, 3.8) is 0 Å². The average Bonchev–Trinajstić information content (AvgIpc) is 2.46. The molecule has 0 saturated carbocycles. The van der Waals surface area contributed by atoms with Crippen LogP contribution in [0.3, 0.4) is 0 Å². The number of rotatable bonds is 3. The Bertz CT molecular complexity index is 177. The van der Waals surface area contributed by atoms with Gasteiger partial charge in [0.1, 0.15) is 0 Å². The zero-order valence-electron chi connectivity index (χ0n) is 7.25. The van der Waals surface area contributed by atoms with Crippen molar-refractivity contribution in [3.8, 4) is 0 Å². The lowest BCUT2D eigenvalue weighted by atomic mass is 10.2. The quantitative estimate of drug-likeness (QED) is 0.689. The number of hydrogen-bond acceptors (Lipinski definition) is 4. The minimum atomic E-state index is 0.997. The van der Waals surface area contributed by atoms with Crippen LogP contribution in [0, 0.1) is 0 Å². The van der Waals surface area contributed by atoms with Crippen molar-refractivity contribution in [1.29, 1.82) is 0 Å². The fourth-order valence-corrected chi connectivity index (χ4v) is 2.13. The van der Waals surface area contributed by atoms with Gasteiger partial charge >= 0.3 is 0 Å². The van der Waals surface area contributed by atoms with Crippen molar-refractivity contribution in [3.05, 3.63) is 0 Å². The Morgan fingerprint density at radius 1 is 1.50 bits per heavy atom. The fraction of sp³-hybridized carbons (Fsp3) is 0.875. The lowest BCUT2D eigenvalue weighted by molar-refractivity contribution is 0.185. The molecule has 0 aromatic heterocycles. The molecule has 0 amide bonds. The number of nitrogens with one attached hydrogen (secondary N) is 1. The molecule has 1 saturated heterocycles. The van der Waals surface area contributed by atoms with E-state index in [9.17, 15) is 0 Å². The van der Waals surface area contributed by atoms with E-state index in [1.807, 2.05) is 11.8 Å². The highest BCUT2D eigenvalue weighted by molar-refractivity contribution is 8.14. The molecule has 0 aromatic rings. The first kappa shape index (κ1) is 8.38. The van der Waals surface area contributed by atoms with E-state index >= 15 is 0 Å². The van der Waals surface area contributed by atoms with Crippen molar-refractivity contribution in [2.75, 3.05) is 38.5 Å². The summed E-state index contributed by atoms with van der Waals surface area (Å²) in [6.45, 7) is 5.82. The molecular formula is C8H15N3S. The zero-order chi connectivity index (χ0) is 8.23. The largest absolute Gasteiger partial charge is 0.364 e. The molecule has 12 heavy (non-hydrogen) atoms. The molecule has 0 aliphatic carbocycles. The zero-order valence-corrected chi connectivity index (χ0v) is 8.07. The molecule has 0 radical (unpaired) electrons. The normalized spacial score (nSPS) is 23.5. The third-order valence-corrected chi connectivity index (χ3v) is 3.17. The molecule has 1 N–H and O–H groups in total. The van der Waals surface area contributed by atoms with E-state index in [1.165, 1.54) is 26.1 Å². The van der Waals surface area contributed by atoms with Gasteiger partial charge in [0.15, 0.2) is 5.17 Å². The number of thioether (sulfide) groups is 1. The lowest BCUT2D eigenvalue weighted by Gasteiger charge is -2.30. The Hall–Kier alpha value is -0.220. The second-order valence-electron chi connectivity index (χ2n) is 3.16. The second kappa shape index (κ2) is 4.14. The summed E-state index contributed by atoms with van der Waals surface area (Å²) >= 11 is 1.84. The van der Waals surface area contributed by atoms with Crippen LogP contribution in [0.4, 0.5) is 0 Å². The summed E-state index contributed by atoms with van der Waals surface area (Å²) in [6.07, 6.45) is 1.38. The average molecular weight is 185 g/mol. The molecule has 3 nitrogen and oxygen atoms in total.